The lowest BCUT2D eigenvalue weighted by Crippen LogP contribution is -2.29. The summed E-state index contributed by atoms with van der Waals surface area (Å²) in [6.45, 7) is 2.64. The summed E-state index contributed by atoms with van der Waals surface area (Å²) in [4.78, 5) is 27.2. The molecule has 28 heavy (non-hydrogen) atoms. The number of anilines is 1. The topological polar surface area (TPSA) is 49.4 Å². The molecule has 1 unspecified atom stereocenters. The molecule has 140 valence electrons. The van der Waals surface area contributed by atoms with Crippen molar-refractivity contribution in [2.75, 3.05) is 11.4 Å². The third-order valence-electron chi connectivity index (χ3n) is 5.17. The molecule has 0 saturated heterocycles. The summed E-state index contributed by atoms with van der Waals surface area (Å²) in [6, 6.07) is 24.6. The largest absolute Gasteiger partial charge is 0.346 e. The predicted molar refractivity (Wildman–Crippen MR) is 111 cm³/mol. The van der Waals surface area contributed by atoms with Gasteiger partial charge in [0, 0.05) is 23.4 Å². The predicted octanol–water partition coefficient (Wildman–Crippen LogP) is 4.38. The van der Waals surface area contributed by atoms with Crippen LogP contribution in [0.1, 0.15) is 44.8 Å². The number of carbonyl (C=O) groups is 2. The summed E-state index contributed by atoms with van der Waals surface area (Å²) in [5.41, 5.74) is 4.36. The summed E-state index contributed by atoms with van der Waals surface area (Å²) < 4.78 is 0. The van der Waals surface area contributed by atoms with Gasteiger partial charge in [0.05, 0.1) is 6.04 Å². The quantitative estimate of drug-likeness (QED) is 0.741. The second kappa shape index (κ2) is 7.69. The van der Waals surface area contributed by atoms with Crippen LogP contribution < -0.4 is 10.2 Å². The van der Waals surface area contributed by atoms with Crippen molar-refractivity contribution in [2.45, 2.75) is 19.4 Å². The molecule has 0 saturated carbocycles. The Morgan fingerprint density at radius 1 is 0.857 bits per heavy atom. The van der Waals surface area contributed by atoms with Gasteiger partial charge in [-0.2, -0.15) is 0 Å². The van der Waals surface area contributed by atoms with Gasteiger partial charge < -0.3 is 10.2 Å². The number of amides is 2. The summed E-state index contributed by atoms with van der Waals surface area (Å²) in [5, 5.41) is 2.99. The standard InChI is InChI=1S/C24H22N2O2/c1-17(18-7-3-2-4-8-18)25-23(27)20-11-13-21(14-12-20)24(28)26-16-15-19-9-5-6-10-22(19)26/h2-14,17H,15-16H2,1H3,(H,25,27). The normalized spacial score (nSPS) is 13.7. The maximum absolute atomic E-state index is 12.9. The van der Waals surface area contributed by atoms with Crippen LogP contribution in [-0.4, -0.2) is 18.4 Å². The van der Waals surface area contributed by atoms with Gasteiger partial charge in [0.25, 0.3) is 11.8 Å². The number of hydrogen-bond donors (Lipinski definition) is 1. The van der Waals surface area contributed by atoms with E-state index in [-0.39, 0.29) is 17.9 Å². The van der Waals surface area contributed by atoms with Crippen LogP contribution in [0, 0.1) is 0 Å². The van der Waals surface area contributed by atoms with Gasteiger partial charge in [0.1, 0.15) is 0 Å². The average Bonchev–Trinajstić information content (AvgIpc) is 3.18. The van der Waals surface area contributed by atoms with Crippen LogP contribution in [0.4, 0.5) is 5.69 Å². The van der Waals surface area contributed by atoms with E-state index in [1.165, 1.54) is 5.56 Å². The Balaban J connectivity index is 1.45. The molecular weight excluding hydrogens is 348 g/mol. The second-order valence-electron chi connectivity index (χ2n) is 7.02. The Hall–Kier alpha value is -3.40. The fraction of sp³-hybridized carbons (Fsp3) is 0.167. The van der Waals surface area contributed by atoms with Gasteiger partial charge in [-0.3, -0.25) is 9.59 Å². The molecule has 4 nitrogen and oxygen atoms in total. The van der Waals surface area contributed by atoms with Crippen LogP contribution in [0.15, 0.2) is 78.9 Å². The minimum Gasteiger partial charge on any atom is -0.346 e. The Labute approximate surface area is 164 Å². The Bertz CT molecular complexity index is 997. The van der Waals surface area contributed by atoms with Crippen LogP contribution in [0.25, 0.3) is 0 Å². The van der Waals surface area contributed by atoms with Gasteiger partial charge in [0.2, 0.25) is 0 Å². The third kappa shape index (κ3) is 3.54. The van der Waals surface area contributed by atoms with Crippen molar-refractivity contribution < 1.29 is 9.59 Å². The maximum Gasteiger partial charge on any atom is 0.258 e. The van der Waals surface area contributed by atoms with Gasteiger partial charge in [-0.15, -0.1) is 0 Å². The summed E-state index contributed by atoms with van der Waals surface area (Å²) >= 11 is 0. The van der Waals surface area contributed by atoms with Gasteiger partial charge in [-0.05, 0) is 54.8 Å². The van der Waals surface area contributed by atoms with E-state index in [4.69, 9.17) is 0 Å². The highest BCUT2D eigenvalue weighted by Crippen LogP contribution is 2.28. The van der Waals surface area contributed by atoms with E-state index in [1.54, 1.807) is 24.3 Å². The number of carbonyl (C=O) groups excluding carboxylic acids is 2. The zero-order chi connectivity index (χ0) is 19.5. The molecular formula is C24H22N2O2. The molecule has 4 heteroatoms. The highest BCUT2D eigenvalue weighted by atomic mass is 16.2. The van der Waals surface area contributed by atoms with Crippen molar-refractivity contribution in [3.8, 4) is 0 Å². The second-order valence-corrected chi connectivity index (χ2v) is 7.02. The molecule has 0 fully saturated rings. The number of nitrogens with zero attached hydrogens (tertiary/aromatic N) is 1. The minimum absolute atomic E-state index is 0.0328. The van der Waals surface area contributed by atoms with Crippen LogP contribution in [0.2, 0.25) is 0 Å². The van der Waals surface area contributed by atoms with E-state index >= 15 is 0 Å². The first kappa shape index (κ1) is 18.0. The summed E-state index contributed by atoms with van der Waals surface area (Å²) in [5.74, 6) is -0.184. The molecule has 1 aliphatic rings. The zero-order valence-corrected chi connectivity index (χ0v) is 15.8. The van der Waals surface area contributed by atoms with Gasteiger partial charge in [-0.25, -0.2) is 0 Å². The van der Waals surface area contributed by atoms with E-state index in [1.807, 2.05) is 60.4 Å². The molecule has 0 radical (unpaired) electrons. The molecule has 0 spiro atoms. The summed E-state index contributed by atoms with van der Waals surface area (Å²) in [7, 11) is 0. The Morgan fingerprint density at radius 2 is 1.50 bits per heavy atom. The van der Waals surface area contributed by atoms with Crippen molar-refractivity contribution >= 4 is 17.5 Å². The van der Waals surface area contributed by atoms with E-state index in [0.717, 1.165) is 17.7 Å². The molecule has 1 atom stereocenters. The molecule has 1 aliphatic heterocycles. The lowest BCUT2D eigenvalue weighted by atomic mass is 10.1. The monoisotopic (exact) mass is 370 g/mol. The highest BCUT2D eigenvalue weighted by molar-refractivity contribution is 6.07. The van der Waals surface area contributed by atoms with Crippen molar-refractivity contribution in [1.82, 2.24) is 5.32 Å². The molecule has 3 aromatic carbocycles. The molecule has 2 amide bonds. The smallest absolute Gasteiger partial charge is 0.258 e. The number of hydrogen-bond acceptors (Lipinski definition) is 2. The first-order valence-electron chi connectivity index (χ1n) is 9.49. The highest BCUT2D eigenvalue weighted by Gasteiger charge is 2.25. The lowest BCUT2D eigenvalue weighted by Gasteiger charge is -2.18. The molecule has 3 aromatic rings. The maximum atomic E-state index is 12.9. The zero-order valence-electron chi connectivity index (χ0n) is 15.8. The molecule has 0 aromatic heterocycles. The van der Waals surface area contributed by atoms with E-state index < -0.39 is 0 Å². The Kier molecular flexibility index (Phi) is 4.94. The van der Waals surface area contributed by atoms with E-state index in [0.29, 0.717) is 17.7 Å². The molecule has 4 rings (SSSR count). The van der Waals surface area contributed by atoms with Gasteiger partial charge >= 0.3 is 0 Å². The van der Waals surface area contributed by atoms with Gasteiger partial charge in [0.15, 0.2) is 0 Å². The lowest BCUT2D eigenvalue weighted by molar-refractivity contribution is 0.0937. The molecule has 1 N–H and O–H groups in total. The molecule has 1 heterocycles. The number of nitrogens with one attached hydrogen (secondary N) is 1. The molecule has 0 aliphatic carbocycles. The van der Waals surface area contributed by atoms with Crippen LogP contribution in [0.5, 0.6) is 0 Å². The van der Waals surface area contributed by atoms with Gasteiger partial charge in [-0.1, -0.05) is 48.5 Å². The van der Waals surface area contributed by atoms with Crippen molar-refractivity contribution in [1.29, 1.82) is 0 Å². The van der Waals surface area contributed by atoms with Crippen LogP contribution >= 0.6 is 0 Å². The first-order chi connectivity index (χ1) is 13.6. The van der Waals surface area contributed by atoms with E-state index in [9.17, 15) is 9.59 Å². The SMILES string of the molecule is CC(NC(=O)c1ccc(C(=O)N2CCc3ccccc32)cc1)c1ccccc1. The van der Waals surface area contributed by atoms with Crippen molar-refractivity contribution in [2.24, 2.45) is 0 Å². The van der Waals surface area contributed by atoms with Crippen molar-refractivity contribution in [3.05, 3.63) is 101 Å². The Morgan fingerprint density at radius 3 is 2.25 bits per heavy atom. The number of benzene rings is 3. The summed E-state index contributed by atoms with van der Waals surface area (Å²) in [6.07, 6.45) is 0.875. The minimum atomic E-state index is -0.151. The number of para-hydroxylation sites is 1. The third-order valence-corrected chi connectivity index (χ3v) is 5.17. The van der Waals surface area contributed by atoms with E-state index in [2.05, 4.69) is 11.4 Å². The number of rotatable bonds is 4. The van der Waals surface area contributed by atoms with Crippen molar-refractivity contribution in [3.63, 3.8) is 0 Å². The molecule has 0 bridgehead atoms. The van der Waals surface area contributed by atoms with Crippen LogP contribution in [-0.2, 0) is 6.42 Å². The average molecular weight is 370 g/mol. The fourth-order valence-electron chi connectivity index (χ4n) is 3.57. The fourth-order valence-corrected chi connectivity index (χ4v) is 3.57. The van der Waals surface area contributed by atoms with Crippen LogP contribution in [0.3, 0.4) is 0 Å². The number of fused-ring (bicyclic) bond motifs is 1. The first-order valence-corrected chi connectivity index (χ1v) is 9.49.